The van der Waals surface area contributed by atoms with Crippen LogP contribution < -0.4 is 5.32 Å². The van der Waals surface area contributed by atoms with Gasteiger partial charge in [0.1, 0.15) is 6.04 Å². The van der Waals surface area contributed by atoms with E-state index in [9.17, 15) is 4.79 Å². The van der Waals surface area contributed by atoms with Crippen LogP contribution in [0.2, 0.25) is 0 Å². The molecule has 1 atom stereocenters. The van der Waals surface area contributed by atoms with Gasteiger partial charge >= 0.3 is 0 Å². The molecule has 3 nitrogen and oxygen atoms in total. The van der Waals surface area contributed by atoms with Crippen LogP contribution in [0.15, 0.2) is 0 Å². The number of carbonyl (C=O) groups is 1. The summed E-state index contributed by atoms with van der Waals surface area (Å²) < 4.78 is 0. The normalized spacial score (nSPS) is 12.6. The molecule has 0 spiro atoms. The number of amides is 1. The van der Waals surface area contributed by atoms with Crippen LogP contribution >= 0.6 is 0 Å². The minimum absolute atomic E-state index is 0.00380. The minimum atomic E-state index is -0.329. The van der Waals surface area contributed by atoms with E-state index in [1.54, 1.807) is 0 Å². The molecule has 0 fully saturated rings. The number of hydrogen-bond acceptors (Lipinski definition) is 2. The summed E-state index contributed by atoms with van der Waals surface area (Å²) in [4.78, 5) is 11.4. The molecule has 0 unspecified atom stereocenters. The molecule has 1 N–H and O–H groups in total. The van der Waals surface area contributed by atoms with Crippen LogP contribution in [0.1, 0.15) is 47.0 Å². The van der Waals surface area contributed by atoms with E-state index < -0.39 is 0 Å². The molecule has 0 aromatic rings. The summed E-state index contributed by atoms with van der Waals surface area (Å²) >= 11 is 0. The van der Waals surface area contributed by atoms with Crippen molar-refractivity contribution in [2.75, 3.05) is 0 Å². The number of carbonyl (C=O) groups excluding carboxylic acids is 1. The summed E-state index contributed by atoms with van der Waals surface area (Å²) in [6, 6.07) is 1.79. The molecular weight excluding hydrogens is 188 g/mol. The Hall–Kier alpha value is -1.04. The average Bonchev–Trinajstić information content (AvgIpc) is 2.13. The molecule has 0 aliphatic rings. The number of rotatable bonds is 6. The molecule has 0 saturated carbocycles. The van der Waals surface area contributed by atoms with E-state index in [0.29, 0.717) is 18.3 Å². The minimum Gasteiger partial charge on any atom is -0.340 e. The number of nitrogens with zero attached hydrogens (tertiary/aromatic N) is 1. The Balaban J connectivity index is 3.87. The molecule has 3 heteroatoms. The Labute approximate surface area is 92.9 Å². The van der Waals surface area contributed by atoms with Gasteiger partial charge in [-0.15, -0.1) is 0 Å². The molecule has 0 saturated heterocycles. The van der Waals surface area contributed by atoms with Gasteiger partial charge in [0.15, 0.2) is 0 Å². The zero-order valence-corrected chi connectivity index (χ0v) is 10.2. The zero-order chi connectivity index (χ0) is 11.8. The van der Waals surface area contributed by atoms with E-state index in [4.69, 9.17) is 5.26 Å². The lowest BCUT2D eigenvalue weighted by Crippen LogP contribution is -2.34. The van der Waals surface area contributed by atoms with Crippen molar-refractivity contribution < 1.29 is 4.79 Å². The third kappa shape index (κ3) is 7.99. The Bertz CT molecular complexity index is 228. The van der Waals surface area contributed by atoms with E-state index in [1.807, 2.05) is 13.8 Å². The maximum absolute atomic E-state index is 11.4. The Morgan fingerprint density at radius 2 is 1.87 bits per heavy atom. The van der Waals surface area contributed by atoms with Crippen molar-refractivity contribution in [2.24, 2.45) is 11.8 Å². The first-order chi connectivity index (χ1) is 6.95. The van der Waals surface area contributed by atoms with Gasteiger partial charge in [-0.05, 0) is 24.7 Å². The van der Waals surface area contributed by atoms with Crippen molar-refractivity contribution in [2.45, 2.75) is 53.0 Å². The van der Waals surface area contributed by atoms with E-state index in [-0.39, 0.29) is 11.9 Å². The first kappa shape index (κ1) is 14.0. The lowest BCUT2D eigenvalue weighted by atomic mass is 10.0. The summed E-state index contributed by atoms with van der Waals surface area (Å²) in [5.41, 5.74) is 0. The predicted molar refractivity (Wildman–Crippen MR) is 61.1 cm³/mol. The number of hydrogen-bond donors (Lipinski definition) is 1. The van der Waals surface area contributed by atoms with Crippen LogP contribution in [0, 0.1) is 23.2 Å². The molecule has 0 aliphatic heterocycles. The van der Waals surface area contributed by atoms with E-state index in [1.165, 1.54) is 0 Å². The van der Waals surface area contributed by atoms with Gasteiger partial charge in [0.05, 0.1) is 6.07 Å². The van der Waals surface area contributed by atoms with Crippen LogP contribution in [0.5, 0.6) is 0 Å². The topological polar surface area (TPSA) is 52.9 Å². The van der Waals surface area contributed by atoms with Crippen molar-refractivity contribution in [1.82, 2.24) is 5.32 Å². The highest BCUT2D eigenvalue weighted by Gasteiger charge is 2.12. The zero-order valence-electron chi connectivity index (χ0n) is 10.2. The smallest absolute Gasteiger partial charge is 0.221 e. The third-order valence-electron chi connectivity index (χ3n) is 2.15. The standard InChI is InChI=1S/C12H22N2O/c1-9(2)5-6-12(15)14-11(8-13)7-10(3)4/h9-11H,5-7H2,1-4H3,(H,14,15)/t11-/m0/s1. The van der Waals surface area contributed by atoms with Crippen LogP contribution in [-0.2, 0) is 4.79 Å². The van der Waals surface area contributed by atoms with Crippen LogP contribution in [0.4, 0.5) is 0 Å². The second kappa shape index (κ2) is 7.28. The summed E-state index contributed by atoms with van der Waals surface area (Å²) in [6.45, 7) is 8.27. The van der Waals surface area contributed by atoms with Crippen LogP contribution in [0.25, 0.3) is 0 Å². The second-order valence-corrected chi connectivity index (χ2v) is 4.81. The van der Waals surface area contributed by atoms with Crippen molar-refractivity contribution >= 4 is 5.91 Å². The molecule has 0 heterocycles. The monoisotopic (exact) mass is 210 g/mol. The molecule has 1 amide bonds. The largest absolute Gasteiger partial charge is 0.340 e. The molecule has 0 aliphatic carbocycles. The summed E-state index contributed by atoms with van der Waals surface area (Å²) in [6.07, 6.45) is 2.13. The van der Waals surface area contributed by atoms with E-state index >= 15 is 0 Å². The fourth-order valence-electron chi connectivity index (χ4n) is 1.30. The Kier molecular flexibility index (Phi) is 6.77. The van der Waals surface area contributed by atoms with E-state index in [0.717, 1.165) is 12.8 Å². The molecule has 0 radical (unpaired) electrons. The maximum atomic E-state index is 11.4. The highest BCUT2D eigenvalue weighted by molar-refractivity contribution is 5.76. The second-order valence-electron chi connectivity index (χ2n) is 4.81. The van der Waals surface area contributed by atoms with Crippen molar-refractivity contribution in [1.29, 1.82) is 5.26 Å². The third-order valence-corrected chi connectivity index (χ3v) is 2.15. The maximum Gasteiger partial charge on any atom is 0.221 e. The molecule has 15 heavy (non-hydrogen) atoms. The SMILES string of the molecule is CC(C)CCC(=O)N[C@H](C#N)CC(C)C. The lowest BCUT2D eigenvalue weighted by Gasteiger charge is -2.13. The fraction of sp³-hybridized carbons (Fsp3) is 0.833. The number of nitriles is 1. The predicted octanol–water partition coefficient (Wildman–Crippen LogP) is 2.48. The van der Waals surface area contributed by atoms with E-state index in [2.05, 4.69) is 25.2 Å². The van der Waals surface area contributed by atoms with Gasteiger partial charge in [-0.3, -0.25) is 4.79 Å². The van der Waals surface area contributed by atoms with Gasteiger partial charge in [-0.1, -0.05) is 27.7 Å². The van der Waals surface area contributed by atoms with Crippen molar-refractivity contribution in [3.05, 3.63) is 0 Å². The molecule has 0 aromatic heterocycles. The summed E-state index contributed by atoms with van der Waals surface area (Å²) in [5, 5.41) is 11.6. The van der Waals surface area contributed by atoms with Crippen molar-refractivity contribution in [3.63, 3.8) is 0 Å². The van der Waals surface area contributed by atoms with Gasteiger partial charge in [0.25, 0.3) is 0 Å². The van der Waals surface area contributed by atoms with Gasteiger partial charge < -0.3 is 5.32 Å². The van der Waals surface area contributed by atoms with Gasteiger partial charge in [-0.25, -0.2) is 0 Å². The van der Waals surface area contributed by atoms with Gasteiger partial charge in [-0.2, -0.15) is 5.26 Å². The Morgan fingerprint density at radius 1 is 1.27 bits per heavy atom. The fourth-order valence-corrected chi connectivity index (χ4v) is 1.30. The Morgan fingerprint density at radius 3 is 2.27 bits per heavy atom. The first-order valence-electron chi connectivity index (χ1n) is 5.64. The quantitative estimate of drug-likeness (QED) is 0.732. The molecule has 0 bridgehead atoms. The summed E-state index contributed by atoms with van der Waals surface area (Å²) in [5.74, 6) is 0.956. The molecule has 0 rings (SSSR count). The number of nitrogens with one attached hydrogen (secondary N) is 1. The van der Waals surface area contributed by atoms with Crippen LogP contribution in [-0.4, -0.2) is 11.9 Å². The van der Waals surface area contributed by atoms with Gasteiger partial charge in [0.2, 0.25) is 5.91 Å². The molecule has 86 valence electrons. The summed E-state index contributed by atoms with van der Waals surface area (Å²) in [7, 11) is 0. The van der Waals surface area contributed by atoms with Crippen molar-refractivity contribution in [3.8, 4) is 6.07 Å². The molecular formula is C12H22N2O. The average molecular weight is 210 g/mol. The van der Waals surface area contributed by atoms with Gasteiger partial charge in [0, 0.05) is 6.42 Å². The lowest BCUT2D eigenvalue weighted by molar-refractivity contribution is -0.121. The first-order valence-corrected chi connectivity index (χ1v) is 5.64. The highest BCUT2D eigenvalue weighted by Crippen LogP contribution is 2.06. The molecule has 0 aromatic carbocycles. The highest BCUT2D eigenvalue weighted by atomic mass is 16.1. The van der Waals surface area contributed by atoms with Crippen LogP contribution in [0.3, 0.4) is 0 Å².